The Morgan fingerprint density at radius 2 is 0.621 bits per heavy atom. The zero-order chi connectivity index (χ0) is 44.6. The molecule has 0 saturated heterocycles. The highest BCUT2D eigenvalue weighted by molar-refractivity contribution is 5.96. The minimum absolute atomic E-state index is 0.0611. The van der Waals surface area contributed by atoms with E-state index in [4.69, 9.17) is 0 Å². The Hall–Kier alpha value is -8.20. The van der Waals surface area contributed by atoms with Crippen LogP contribution in [0.25, 0.3) is 55.6 Å². The first kappa shape index (κ1) is 40.6. The highest BCUT2D eigenvalue weighted by atomic mass is 15.1. The van der Waals surface area contributed by atoms with Crippen LogP contribution in [0, 0.1) is 6.92 Å². The van der Waals surface area contributed by atoms with Crippen molar-refractivity contribution in [3.05, 3.63) is 265 Å². The lowest BCUT2D eigenvalue weighted by Crippen LogP contribution is -2.15. The third-order valence-electron chi connectivity index (χ3n) is 13.4. The largest absolute Gasteiger partial charge is 0.311 e. The fourth-order valence-electron chi connectivity index (χ4n) is 10.1. The van der Waals surface area contributed by atoms with Gasteiger partial charge in [-0.1, -0.05) is 178 Å². The van der Waals surface area contributed by atoms with Crippen molar-refractivity contribution >= 4 is 34.1 Å². The van der Waals surface area contributed by atoms with Crippen molar-refractivity contribution in [2.45, 2.75) is 26.2 Å². The summed E-state index contributed by atoms with van der Waals surface area (Å²) in [6.07, 6.45) is 0. The average Bonchev–Trinajstić information content (AvgIpc) is 3.61. The molecule has 11 rings (SSSR count). The minimum atomic E-state index is -0.0611. The molecule has 0 aliphatic heterocycles. The summed E-state index contributed by atoms with van der Waals surface area (Å²) >= 11 is 0. The second-order valence-corrected chi connectivity index (χ2v) is 17.8. The Balaban J connectivity index is 1.03. The standard InChI is InChI=1S/C64H50N2/c1-45-20-19-31-62-63(45)60-42-55(40-41-61(60)64(62,2)3)66(52-29-17-8-18-30-52)54-38-34-49(35-39-54)59-44-56(46-21-9-4-10-22-46)58(43-57(59)47-23-11-5-12-24-47)48-32-36-53(37-33-48)65(50-25-13-6-14-26-50)51-27-15-7-16-28-51/h4-44H,1-3H3. The van der Waals surface area contributed by atoms with Gasteiger partial charge in [-0.3, -0.25) is 0 Å². The van der Waals surface area contributed by atoms with Gasteiger partial charge in [0.05, 0.1) is 0 Å². The molecule has 0 amide bonds. The van der Waals surface area contributed by atoms with Gasteiger partial charge in [0, 0.05) is 39.5 Å². The summed E-state index contributed by atoms with van der Waals surface area (Å²) in [6, 6.07) is 90.4. The van der Waals surface area contributed by atoms with E-state index in [0.29, 0.717) is 0 Å². The van der Waals surface area contributed by atoms with Crippen molar-refractivity contribution in [2.24, 2.45) is 0 Å². The fourth-order valence-corrected chi connectivity index (χ4v) is 10.1. The van der Waals surface area contributed by atoms with Crippen LogP contribution in [0.15, 0.2) is 249 Å². The summed E-state index contributed by atoms with van der Waals surface area (Å²) in [5.41, 5.74) is 22.8. The number of anilines is 6. The molecule has 0 spiro atoms. The van der Waals surface area contributed by atoms with Gasteiger partial charge in [0.25, 0.3) is 0 Å². The van der Waals surface area contributed by atoms with Crippen LogP contribution in [0.5, 0.6) is 0 Å². The van der Waals surface area contributed by atoms with E-state index in [1.54, 1.807) is 0 Å². The summed E-state index contributed by atoms with van der Waals surface area (Å²) in [6.45, 7) is 6.95. The fraction of sp³-hybridized carbons (Fsp3) is 0.0625. The molecule has 66 heavy (non-hydrogen) atoms. The Morgan fingerprint density at radius 1 is 0.273 bits per heavy atom. The van der Waals surface area contributed by atoms with E-state index in [9.17, 15) is 0 Å². The second-order valence-electron chi connectivity index (χ2n) is 17.8. The van der Waals surface area contributed by atoms with Gasteiger partial charge in [-0.2, -0.15) is 0 Å². The Bertz CT molecular complexity index is 3250. The van der Waals surface area contributed by atoms with Crippen molar-refractivity contribution in [3.63, 3.8) is 0 Å². The van der Waals surface area contributed by atoms with Crippen molar-refractivity contribution < 1.29 is 0 Å². The number of nitrogens with zero attached hydrogens (tertiary/aromatic N) is 2. The first-order valence-electron chi connectivity index (χ1n) is 22.9. The minimum Gasteiger partial charge on any atom is -0.311 e. The maximum absolute atomic E-state index is 2.41. The molecule has 0 bridgehead atoms. The van der Waals surface area contributed by atoms with Gasteiger partial charge in [0.15, 0.2) is 0 Å². The van der Waals surface area contributed by atoms with Gasteiger partial charge >= 0.3 is 0 Å². The average molecular weight is 847 g/mol. The molecule has 2 nitrogen and oxygen atoms in total. The topological polar surface area (TPSA) is 6.48 Å². The van der Waals surface area contributed by atoms with Crippen LogP contribution < -0.4 is 9.80 Å². The molecular formula is C64H50N2. The maximum Gasteiger partial charge on any atom is 0.0468 e. The van der Waals surface area contributed by atoms with E-state index in [-0.39, 0.29) is 5.41 Å². The smallest absolute Gasteiger partial charge is 0.0468 e. The normalized spacial score (nSPS) is 12.3. The molecule has 0 unspecified atom stereocenters. The van der Waals surface area contributed by atoms with Crippen LogP contribution in [0.4, 0.5) is 34.1 Å². The van der Waals surface area contributed by atoms with Crippen LogP contribution in [0.2, 0.25) is 0 Å². The molecule has 0 saturated carbocycles. The summed E-state index contributed by atoms with van der Waals surface area (Å²) in [4.78, 5) is 4.71. The Labute approximate surface area is 389 Å². The van der Waals surface area contributed by atoms with E-state index in [1.165, 1.54) is 61.2 Å². The number of para-hydroxylation sites is 3. The SMILES string of the molecule is Cc1cccc2c1-c1cc(N(c3ccccc3)c3ccc(-c4cc(-c5ccccc5)c(-c5ccc(N(c6ccccc6)c6ccccc6)cc5)cc4-c4ccccc4)cc3)ccc1C2(C)C. The van der Waals surface area contributed by atoms with Gasteiger partial charge < -0.3 is 9.80 Å². The van der Waals surface area contributed by atoms with Crippen molar-refractivity contribution in [3.8, 4) is 55.6 Å². The van der Waals surface area contributed by atoms with Gasteiger partial charge in [-0.25, -0.2) is 0 Å². The highest BCUT2D eigenvalue weighted by Crippen LogP contribution is 2.52. The molecule has 0 fully saturated rings. The third-order valence-corrected chi connectivity index (χ3v) is 13.4. The molecule has 0 aromatic heterocycles. The van der Waals surface area contributed by atoms with Crippen LogP contribution in [0.1, 0.15) is 30.5 Å². The zero-order valence-electron chi connectivity index (χ0n) is 37.6. The molecule has 0 heterocycles. The monoisotopic (exact) mass is 846 g/mol. The number of hydrogen-bond donors (Lipinski definition) is 0. The Morgan fingerprint density at radius 3 is 1.05 bits per heavy atom. The quantitative estimate of drug-likeness (QED) is 0.135. The lowest BCUT2D eigenvalue weighted by atomic mass is 9.82. The molecule has 2 heteroatoms. The van der Waals surface area contributed by atoms with E-state index >= 15 is 0 Å². The van der Waals surface area contributed by atoms with Crippen LogP contribution in [-0.4, -0.2) is 0 Å². The number of aryl methyl sites for hydroxylation is 1. The van der Waals surface area contributed by atoms with Gasteiger partial charge in [-0.15, -0.1) is 0 Å². The summed E-state index contributed by atoms with van der Waals surface area (Å²) in [5, 5.41) is 0. The second kappa shape index (κ2) is 17.1. The Kier molecular flexibility index (Phi) is 10.5. The number of benzene rings is 10. The lowest BCUT2D eigenvalue weighted by Gasteiger charge is -2.27. The van der Waals surface area contributed by atoms with Crippen molar-refractivity contribution in [1.82, 2.24) is 0 Å². The predicted molar refractivity (Wildman–Crippen MR) is 280 cm³/mol. The maximum atomic E-state index is 2.41. The van der Waals surface area contributed by atoms with Gasteiger partial charge in [-0.05, 0) is 164 Å². The number of hydrogen-bond acceptors (Lipinski definition) is 2. The zero-order valence-corrected chi connectivity index (χ0v) is 37.6. The lowest BCUT2D eigenvalue weighted by molar-refractivity contribution is 0.660. The van der Waals surface area contributed by atoms with E-state index < -0.39 is 0 Å². The first-order chi connectivity index (χ1) is 32.4. The molecule has 1 aliphatic carbocycles. The molecular weight excluding hydrogens is 797 g/mol. The number of rotatable bonds is 10. The van der Waals surface area contributed by atoms with Gasteiger partial charge in [0.2, 0.25) is 0 Å². The highest BCUT2D eigenvalue weighted by Gasteiger charge is 2.36. The van der Waals surface area contributed by atoms with Gasteiger partial charge in [0.1, 0.15) is 0 Å². The molecule has 0 N–H and O–H groups in total. The summed E-state index contributed by atoms with van der Waals surface area (Å²) < 4.78 is 0. The number of fused-ring (bicyclic) bond motifs is 3. The van der Waals surface area contributed by atoms with Crippen molar-refractivity contribution in [2.75, 3.05) is 9.80 Å². The summed E-state index contributed by atoms with van der Waals surface area (Å²) in [7, 11) is 0. The molecule has 10 aromatic rings. The molecule has 0 radical (unpaired) electrons. The molecule has 1 aliphatic rings. The molecule has 0 atom stereocenters. The third kappa shape index (κ3) is 7.37. The predicted octanol–water partition coefficient (Wildman–Crippen LogP) is 17.9. The van der Waals surface area contributed by atoms with Crippen LogP contribution in [-0.2, 0) is 5.41 Å². The molecule has 10 aromatic carbocycles. The van der Waals surface area contributed by atoms with Crippen LogP contribution >= 0.6 is 0 Å². The molecule has 316 valence electrons. The van der Waals surface area contributed by atoms with E-state index in [1.807, 2.05) is 0 Å². The van der Waals surface area contributed by atoms with E-state index in [0.717, 1.165) is 45.3 Å². The van der Waals surface area contributed by atoms with Crippen molar-refractivity contribution in [1.29, 1.82) is 0 Å². The van der Waals surface area contributed by atoms with Crippen LogP contribution in [0.3, 0.4) is 0 Å². The first-order valence-corrected chi connectivity index (χ1v) is 22.9. The van der Waals surface area contributed by atoms with E-state index in [2.05, 4.69) is 279 Å². The summed E-state index contributed by atoms with van der Waals surface area (Å²) in [5.74, 6) is 0.